The minimum absolute atomic E-state index is 1.13. The summed E-state index contributed by atoms with van der Waals surface area (Å²) in [5.74, 6) is 0. The summed E-state index contributed by atoms with van der Waals surface area (Å²) >= 11 is 5.36. The van der Waals surface area contributed by atoms with E-state index in [0.717, 1.165) is 11.1 Å². The molecule has 0 heterocycles. The van der Waals surface area contributed by atoms with Crippen LogP contribution in [-0.2, 0) is 4.74 Å². The molecule has 0 fully saturated rings. The van der Waals surface area contributed by atoms with Gasteiger partial charge in [0.05, 0.1) is 13.4 Å². The molecule has 19 heavy (non-hydrogen) atoms. The van der Waals surface area contributed by atoms with Gasteiger partial charge in [0.1, 0.15) is 0 Å². The maximum atomic E-state index is 5.36. The van der Waals surface area contributed by atoms with E-state index in [1.165, 1.54) is 5.54 Å². The van der Waals surface area contributed by atoms with Crippen molar-refractivity contribution in [2.75, 3.05) is 7.11 Å². The van der Waals surface area contributed by atoms with Gasteiger partial charge in [0.25, 0.3) is 0 Å². The fraction of sp³-hybridized carbons (Fsp3) is 0.0588. The lowest BCUT2D eigenvalue weighted by Gasteiger charge is -1.89. The van der Waals surface area contributed by atoms with Crippen molar-refractivity contribution in [3.05, 3.63) is 83.6 Å². The third kappa shape index (κ3) is 7.12. The summed E-state index contributed by atoms with van der Waals surface area (Å²) in [6.07, 6.45) is 5.43. The molecule has 2 aromatic carbocycles. The molecule has 0 amide bonds. The summed E-state index contributed by atoms with van der Waals surface area (Å²) in [5.41, 5.74) is 3.80. The molecule has 0 atom stereocenters. The minimum atomic E-state index is 1.13. The summed E-state index contributed by atoms with van der Waals surface area (Å²) in [6, 6.07) is 20.0. The first-order valence-corrected chi connectivity index (χ1v) is 6.36. The Labute approximate surface area is 119 Å². The predicted molar refractivity (Wildman–Crippen MR) is 83.8 cm³/mol. The Bertz CT molecular complexity index is 489. The standard InChI is InChI=1S/C9H10O.C8H7Cl/c1-10-8-7-9-5-3-2-4-6-9;9-7-6-8-4-2-1-3-5-8/h2-8H,1H3;1-7H. The van der Waals surface area contributed by atoms with Crippen molar-refractivity contribution < 1.29 is 4.74 Å². The maximum Gasteiger partial charge on any atom is 0.0830 e. The van der Waals surface area contributed by atoms with Crippen LogP contribution in [0.1, 0.15) is 11.1 Å². The van der Waals surface area contributed by atoms with E-state index in [4.69, 9.17) is 16.3 Å². The molecule has 0 unspecified atom stereocenters. The zero-order valence-electron chi connectivity index (χ0n) is 10.9. The van der Waals surface area contributed by atoms with E-state index in [2.05, 4.69) is 0 Å². The van der Waals surface area contributed by atoms with Crippen molar-refractivity contribution >= 4 is 23.8 Å². The van der Waals surface area contributed by atoms with Crippen LogP contribution in [0.5, 0.6) is 0 Å². The highest BCUT2D eigenvalue weighted by Crippen LogP contribution is 2.01. The van der Waals surface area contributed by atoms with Crippen LogP contribution in [0.2, 0.25) is 0 Å². The highest BCUT2D eigenvalue weighted by atomic mass is 35.5. The first-order valence-electron chi connectivity index (χ1n) is 5.93. The molecule has 2 aromatic rings. The first-order chi connectivity index (χ1) is 9.36. The predicted octanol–water partition coefficient (Wildman–Crippen LogP) is 5.20. The first kappa shape index (κ1) is 15.1. The molecule has 0 aliphatic rings. The van der Waals surface area contributed by atoms with Gasteiger partial charge in [0.15, 0.2) is 0 Å². The van der Waals surface area contributed by atoms with Crippen molar-refractivity contribution in [1.82, 2.24) is 0 Å². The monoisotopic (exact) mass is 272 g/mol. The number of benzene rings is 2. The van der Waals surface area contributed by atoms with Crippen LogP contribution in [-0.4, -0.2) is 7.11 Å². The fourth-order valence-electron chi connectivity index (χ4n) is 1.35. The molecule has 1 nitrogen and oxygen atoms in total. The topological polar surface area (TPSA) is 9.23 Å². The van der Waals surface area contributed by atoms with Gasteiger partial charge >= 0.3 is 0 Å². The van der Waals surface area contributed by atoms with E-state index in [1.807, 2.05) is 72.8 Å². The minimum Gasteiger partial charge on any atom is -0.504 e. The average molecular weight is 273 g/mol. The van der Waals surface area contributed by atoms with Crippen LogP contribution in [0.4, 0.5) is 0 Å². The molecule has 0 aliphatic heterocycles. The number of ether oxygens (including phenoxy) is 1. The molecule has 0 saturated heterocycles. The number of hydrogen-bond donors (Lipinski definition) is 0. The Morgan fingerprint density at radius 2 is 1.26 bits per heavy atom. The third-order valence-corrected chi connectivity index (χ3v) is 2.38. The second-order valence-electron chi connectivity index (χ2n) is 3.65. The number of halogens is 1. The largest absolute Gasteiger partial charge is 0.504 e. The molecule has 0 N–H and O–H groups in total. The average Bonchev–Trinajstić information content (AvgIpc) is 2.48. The van der Waals surface area contributed by atoms with E-state index in [1.54, 1.807) is 13.4 Å². The summed E-state index contributed by atoms with van der Waals surface area (Å²) in [7, 11) is 1.64. The molecule has 0 spiro atoms. The molecule has 0 aromatic heterocycles. The normalized spacial score (nSPS) is 10.2. The smallest absolute Gasteiger partial charge is 0.0830 e. The summed E-state index contributed by atoms with van der Waals surface area (Å²) in [6.45, 7) is 0. The molecule has 0 saturated carbocycles. The summed E-state index contributed by atoms with van der Waals surface area (Å²) < 4.78 is 4.77. The zero-order valence-corrected chi connectivity index (χ0v) is 11.6. The maximum absolute atomic E-state index is 5.36. The fourth-order valence-corrected chi connectivity index (χ4v) is 1.49. The SMILES string of the molecule is COC=Cc1ccccc1.ClC=Cc1ccccc1. The highest BCUT2D eigenvalue weighted by Gasteiger charge is 1.79. The quantitative estimate of drug-likeness (QED) is 0.698. The molecule has 2 rings (SSSR count). The van der Waals surface area contributed by atoms with Crippen LogP contribution in [0.15, 0.2) is 72.5 Å². The van der Waals surface area contributed by atoms with Gasteiger partial charge < -0.3 is 4.74 Å². The number of hydrogen-bond acceptors (Lipinski definition) is 1. The van der Waals surface area contributed by atoms with Crippen molar-refractivity contribution in [2.24, 2.45) is 0 Å². The van der Waals surface area contributed by atoms with Crippen LogP contribution in [0.25, 0.3) is 12.2 Å². The summed E-state index contributed by atoms with van der Waals surface area (Å²) in [4.78, 5) is 0. The number of rotatable bonds is 3. The molecular weight excluding hydrogens is 256 g/mol. The van der Waals surface area contributed by atoms with Crippen LogP contribution in [0.3, 0.4) is 0 Å². The van der Waals surface area contributed by atoms with E-state index < -0.39 is 0 Å². The van der Waals surface area contributed by atoms with Gasteiger partial charge in [-0.2, -0.15) is 0 Å². The third-order valence-electron chi connectivity index (χ3n) is 2.25. The van der Waals surface area contributed by atoms with Gasteiger partial charge in [-0.05, 0) is 23.3 Å². The Kier molecular flexibility index (Phi) is 7.92. The van der Waals surface area contributed by atoms with E-state index in [9.17, 15) is 0 Å². The molecule has 0 radical (unpaired) electrons. The van der Waals surface area contributed by atoms with Gasteiger partial charge in [-0.1, -0.05) is 72.3 Å². The Morgan fingerprint density at radius 3 is 1.68 bits per heavy atom. The number of methoxy groups -OCH3 is 1. The molecule has 0 aliphatic carbocycles. The van der Waals surface area contributed by atoms with Gasteiger partial charge in [-0.3, -0.25) is 0 Å². The van der Waals surface area contributed by atoms with Gasteiger partial charge in [-0.25, -0.2) is 0 Å². The highest BCUT2D eigenvalue weighted by molar-refractivity contribution is 6.27. The van der Waals surface area contributed by atoms with Crippen molar-refractivity contribution in [1.29, 1.82) is 0 Å². The van der Waals surface area contributed by atoms with Crippen molar-refractivity contribution in [2.45, 2.75) is 0 Å². The Balaban J connectivity index is 0.000000191. The van der Waals surface area contributed by atoms with Crippen LogP contribution >= 0.6 is 11.6 Å². The van der Waals surface area contributed by atoms with E-state index in [-0.39, 0.29) is 0 Å². The molecule has 98 valence electrons. The molecule has 0 bridgehead atoms. The van der Waals surface area contributed by atoms with Crippen molar-refractivity contribution in [3.63, 3.8) is 0 Å². The second-order valence-corrected chi connectivity index (χ2v) is 3.90. The lowest BCUT2D eigenvalue weighted by molar-refractivity contribution is 0.341. The van der Waals surface area contributed by atoms with Crippen LogP contribution < -0.4 is 0 Å². The van der Waals surface area contributed by atoms with Gasteiger partial charge in [0.2, 0.25) is 0 Å². The lowest BCUT2D eigenvalue weighted by Crippen LogP contribution is -1.69. The Hall–Kier alpha value is -1.99. The zero-order chi connectivity index (χ0) is 13.8. The van der Waals surface area contributed by atoms with Gasteiger partial charge in [-0.15, -0.1) is 0 Å². The Morgan fingerprint density at radius 1 is 0.789 bits per heavy atom. The lowest BCUT2D eigenvalue weighted by atomic mass is 10.2. The van der Waals surface area contributed by atoms with Crippen LogP contribution in [0, 0.1) is 0 Å². The van der Waals surface area contributed by atoms with E-state index in [0.29, 0.717) is 0 Å². The second kappa shape index (κ2) is 9.98. The van der Waals surface area contributed by atoms with Crippen molar-refractivity contribution in [3.8, 4) is 0 Å². The molecule has 2 heteroatoms. The summed E-state index contributed by atoms with van der Waals surface area (Å²) in [5, 5.41) is 0. The molecular formula is C17H17ClO. The van der Waals surface area contributed by atoms with Gasteiger partial charge in [0, 0.05) is 5.54 Å². The van der Waals surface area contributed by atoms with E-state index >= 15 is 0 Å².